The fourth-order valence-electron chi connectivity index (χ4n) is 3.50. The lowest BCUT2D eigenvalue weighted by molar-refractivity contribution is 0.0706. The van der Waals surface area contributed by atoms with E-state index in [1.54, 1.807) is 64.8 Å². The number of hydroxylamine groups is 1. The highest BCUT2D eigenvalue weighted by Crippen LogP contribution is 2.12. The minimum atomic E-state index is -0.614. The van der Waals surface area contributed by atoms with Crippen LogP contribution in [-0.2, 0) is 19.5 Å². The van der Waals surface area contributed by atoms with Crippen molar-refractivity contribution in [1.29, 1.82) is 0 Å². The molecule has 2 aromatic heterocycles. The van der Waals surface area contributed by atoms with Gasteiger partial charge in [0.1, 0.15) is 0 Å². The second-order valence-electron chi connectivity index (χ2n) is 7.05. The molecule has 0 fully saturated rings. The topological polar surface area (TPSA) is 106 Å². The van der Waals surface area contributed by atoms with E-state index in [2.05, 4.69) is 4.98 Å². The SMILES string of the molecule is O=C(NO)c1ccc(Cn2c(=O)n(CCc3ccccn3)c(=O)c3ccccc32)cc1. The normalized spacial score (nSPS) is 10.9. The first kappa shape index (κ1) is 20.2. The van der Waals surface area contributed by atoms with Gasteiger partial charge in [0.05, 0.1) is 17.4 Å². The second-order valence-corrected chi connectivity index (χ2v) is 7.05. The van der Waals surface area contributed by atoms with E-state index in [-0.39, 0.29) is 18.6 Å². The Morgan fingerprint density at radius 1 is 0.935 bits per heavy atom. The summed E-state index contributed by atoms with van der Waals surface area (Å²) in [6.45, 7) is 0.444. The minimum absolute atomic E-state index is 0.217. The Bertz CT molecular complexity index is 1340. The molecular weight excluding hydrogens is 396 g/mol. The summed E-state index contributed by atoms with van der Waals surface area (Å²) < 4.78 is 2.79. The maximum atomic E-state index is 13.3. The largest absolute Gasteiger partial charge is 0.331 e. The number of carbonyl (C=O) groups is 1. The molecule has 1 amide bonds. The molecule has 0 unspecified atom stereocenters. The monoisotopic (exact) mass is 416 g/mol. The molecule has 0 aliphatic heterocycles. The summed E-state index contributed by atoms with van der Waals surface area (Å²) in [6.07, 6.45) is 2.14. The number of amides is 1. The molecule has 31 heavy (non-hydrogen) atoms. The van der Waals surface area contributed by atoms with Crippen molar-refractivity contribution in [3.63, 3.8) is 0 Å². The Labute approximate surface area is 177 Å². The molecule has 2 heterocycles. The van der Waals surface area contributed by atoms with E-state index < -0.39 is 11.6 Å². The number of fused-ring (bicyclic) bond motifs is 1. The van der Waals surface area contributed by atoms with Crippen LogP contribution in [0.1, 0.15) is 21.6 Å². The van der Waals surface area contributed by atoms with Crippen LogP contribution in [-0.4, -0.2) is 25.2 Å². The number of para-hydroxylation sites is 1. The molecule has 156 valence electrons. The minimum Gasteiger partial charge on any atom is -0.289 e. The summed E-state index contributed by atoms with van der Waals surface area (Å²) in [5.74, 6) is -0.614. The lowest BCUT2D eigenvalue weighted by Crippen LogP contribution is -2.40. The Balaban J connectivity index is 1.74. The van der Waals surface area contributed by atoms with Gasteiger partial charge in [0, 0.05) is 30.4 Å². The van der Waals surface area contributed by atoms with E-state index in [1.165, 1.54) is 4.57 Å². The van der Waals surface area contributed by atoms with Crippen molar-refractivity contribution in [2.45, 2.75) is 19.5 Å². The highest BCUT2D eigenvalue weighted by atomic mass is 16.5. The number of pyridine rings is 1. The van der Waals surface area contributed by atoms with Gasteiger partial charge >= 0.3 is 5.69 Å². The molecule has 0 aliphatic rings. The molecule has 2 aromatic carbocycles. The van der Waals surface area contributed by atoms with Crippen LogP contribution in [0.15, 0.2) is 82.5 Å². The van der Waals surface area contributed by atoms with Gasteiger partial charge < -0.3 is 0 Å². The molecule has 0 spiro atoms. The zero-order chi connectivity index (χ0) is 21.8. The van der Waals surface area contributed by atoms with Gasteiger partial charge in [0.25, 0.3) is 11.5 Å². The highest BCUT2D eigenvalue weighted by Gasteiger charge is 2.14. The van der Waals surface area contributed by atoms with E-state index >= 15 is 0 Å². The number of nitrogens with zero attached hydrogens (tertiary/aromatic N) is 3. The molecular formula is C23H20N4O4. The zero-order valence-electron chi connectivity index (χ0n) is 16.6. The van der Waals surface area contributed by atoms with Crippen molar-refractivity contribution >= 4 is 16.8 Å². The summed E-state index contributed by atoms with van der Waals surface area (Å²) in [5.41, 5.74) is 3.26. The standard InChI is InChI=1S/C23H20N4O4/c28-21(25-31)17-10-8-16(9-11-17)15-27-20-7-2-1-6-19(20)22(29)26(23(27)30)14-12-18-5-3-4-13-24-18/h1-11,13,31H,12,14-15H2,(H,25,28). The van der Waals surface area contributed by atoms with Crippen LogP contribution in [0, 0.1) is 0 Å². The molecule has 8 heteroatoms. The van der Waals surface area contributed by atoms with Crippen molar-refractivity contribution in [2.75, 3.05) is 0 Å². The first-order valence-electron chi connectivity index (χ1n) is 9.74. The van der Waals surface area contributed by atoms with Crippen molar-refractivity contribution in [1.82, 2.24) is 19.6 Å². The average Bonchev–Trinajstić information content (AvgIpc) is 2.82. The number of benzene rings is 2. The van der Waals surface area contributed by atoms with Gasteiger partial charge in [0.2, 0.25) is 0 Å². The van der Waals surface area contributed by atoms with E-state index in [0.717, 1.165) is 11.3 Å². The molecule has 4 rings (SSSR count). The third kappa shape index (κ3) is 4.15. The van der Waals surface area contributed by atoms with Gasteiger partial charge in [-0.3, -0.25) is 28.9 Å². The number of rotatable bonds is 6. The predicted octanol–water partition coefficient (Wildman–Crippen LogP) is 1.97. The summed E-state index contributed by atoms with van der Waals surface area (Å²) >= 11 is 0. The van der Waals surface area contributed by atoms with Gasteiger partial charge in [-0.15, -0.1) is 0 Å². The third-order valence-electron chi connectivity index (χ3n) is 5.11. The van der Waals surface area contributed by atoms with Crippen LogP contribution in [0.25, 0.3) is 10.9 Å². The molecule has 0 saturated carbocycles. The molecule has 0 saturated heterocycles. The quantitative estimate of drug-likeness (QED) is 0.369. The first-order valence-corrected chi connectivity index (χ1v) is 9.74. The molecule has 0 atom stereocenters. The molecule has 4 aromatic rings. The van der Waals surface area contributed by atoms with Gasteiger partial charge in [0.15, 0.2) is 0 Å². The average molecular weight is 416 g/mol. The van der Waals surface area contributed by atoms with Crippen LogP contribution in [0.4, 0.5) is 0 Å². The van der Waals surface area contributed by atoms with Crippen molar-refractivity contribution < 1.29 is 10.0 Å². The Morgan fingerprint density at radius 3 is 2.39 bits per heavy atom. The number of hydrogen-bond donors (Lipinski definition) is 2. The lowest BCUT2D eigenvalue weighted by Gasteiger charge is -2.14. The van der Waals surface area contributed by atoms with E-state index in [9.17, 15) is 14.4 Å². The molecule has 0 aliphatic carbocycles. The summed E-state index contributed by atoms with van der Waals surface area (Å²) in [6, 6.07) is 19.1. The zero-order valence-corrected chi connectivity index (χ0v) is 16.6. The highest BCUT2D eigenvalue weighted by molar-refractivity contribution is 5.93. The number of aryl methyl sites for hydroxylation is 1. The number of hydrogen-bond acceptors (Lipinski definition) is 5. The van der Waals surface area contributed by atoms with Crippen molar-refractivity contribution in [3.8, 4) is 0 Å². The summed E-state index contributed by atoms with van der Waals surface area (Å²) in [7, 11) is 0. The molecule has 2 N–H and O–H groups in total. The number of nitrogens with one attached hydrogen (secondary N) is 1. The van der Waals surface area contributed by atoms with E-state index in [1.807, 2.05) is 18.2 Å². The maximum Gasteiger partial charge on any atom is 0.331 e. The van der Waals surface area contributed by atoms with Crippen LogP contribution in [0.2, 0.25) is 0 Å². The summed E-state index contributed by atoms with van der Waals surface area (Å²) in [4.78, 5) is 42.0. The maximum absolute atomic E-state index is 13.3. The predicted molar refractivity (Wildman–Crippen MR) is 115 cm³/mol. The Hall–Kier alpha value is -4.04. The summed E-state index contributed by atoms with van der Waals surface area (Å²) in [5, 5.41) is 9.21. The van der Waals surface area contributed by atoms with Gasteiger partial charge in [-0.1, -0.05) is 30.3 Å². The van der Waals surface area contributed by atoms with E-state index in [4.69, 9.17) is 5.21 Å². The van der Waals surface area contributed by atoms with Crippen LogP contribution >= 0.6 is 0 Å². The first-order chi connectivity index (χ1) is 15.1. The molecule has 0 radical (unpaired) electrons. The van der Waals surface area contributed by atoms with Gasteiger partial charge in [-0.2, -0.15) is 0 Å². The lowest BCUT2D eigenvalue weighted by atomic mass is 10.1. The van der Waals surface area contributed by atoms with Crippen LogP contribution in [0.5, 0.6) is 0 Å². The fraction of sp³-hybridized carbons (Fsp3) is 0.130. The Morgan fingerprint density at radius 2 is 1.68 bits per heavy atom. The third-order valence-corrected chi connectivity index (χ3v) is 5.11. The van der Waals surface area contributed by atoms with E-state index in [0.29, 0.717) is 22.9 Å². The number of aromatic nitrogens is 3. The Kier molecular flexibility index (Phi) is 5.72. The number of carbonyl (C=O) groups excluding carboxylic acids is 1. The smallest absolute Gasteiger partial charge is 0.289 e. The molecule has 0 bridgehead atoms. The van der Waals surface area contributed by atoms with Crippen LogP contribution < -0.4 is 16.7 Å². The molecule has 8 nitrogen and oxygen atoms in total. The van der Waals surface area contributed by atoms with Crippen LogP contribution in [0.3, 0.4) is 0 Å². The fourth-order valence-corrected chi connectivity index (χ4v) is 3.50. The van der Waals surface area contributed by atoms with Crippen molar-refractivity contribution in [3.05, 3.63) is 111 Å². The second kappa shape index (κ2) is 8.76. The van der Waals surface area contributed by atoms with Gasteiger partial charge in [-0.25, -0.2) is 10.3 Å². The van der Waals surface area contributed by atoms with Crippen molar-refractivity contribution in [2.24, 2.45) is 0 Å². The van der Waals surface area contributed by atoms with Gasteiger partial charge in [-0.05, 0) is 42.0 Å².